The first-order chi connectivity index (χ1) is 6.33. The van der Waals surface area contributed by atoms with Gasteiger partial charge in [-0.1, -0.05) is 30.3 Å². The molecule has 1 N–H and O–H groups in total. The van der Waals surface area contributed by atoms with Crippen LogP contribution in [0.2, 0.25) is 0 Å². The van der Waals surface area contributed by atoms with Crippen molar-refractivity contribution in [3.63, 3.8) is 0 Å². The van der Waals surface area contributed by atoms with E-state index in [9.17, 15) is 4.79 Å². The summed E-state index contributed by atoms with van der Waals surface area (Å²) in [5.41, 5.74) is 1.25. The van der Waals surface area contributed by atoms with Gasteiger partial charge in [-0.05, 0) is 12.0 Å². The smallest absolute Gasteiger partial charge is 0.207 e. The largest absolute Gasteiger partial charge is 0.358 e. The quantitative estimate of drug-likeness (QED) is 0.538. The first-order valence-corrected chi connectivity index (χ1v) is 4.73. The average Bonchev–Trinajstić information content (AvgIpc) is 2.16. The van der Waals surface area contributed by atoms with Gasteiger partial charge in [0.1, 0.15) is 0 Å². The van der Waals surface area contributed by atoms with Gasteiger partial charge in [-0.3, -0.25) is 4.79 Å². The molecule has 0 aliphatic rings. The monoisotopic (exact) mass is 195 g/mol. The number of amides is 1. The molecule has 1 aromatic rings. The van der Waals surface area contributed by atoms with E-state index in [1.54, 1.807) is 0 Å². The standard InChI is InChI=1S/C10H13NOS/c12-8-11-7-10(13)6-9-4-2-1-3-5-9/h1-5,8,10,13H,6-7H2,(H,11,12). The Morgan fingerprint density at radius 1 is 1.38 bits per heavy atom. The van der Waals surface area contributed by atoms with Crippen molar-refractivity contribution in [1.29, 1.82) is 0 Å². The minimum Gasteiger partial charge on any atom is -0.358 e. The molecule has 0 aliphatic heterocycles. The lowest BCUT2D eigenvalue weighted by atomic mass is 10.1. The summed E-state index contributed by atoms with van der Waals surface area (Å²) in [4.78, 5) is 10.0. The molecule has 0 spiro atoms. The van der Waals surface area contributed by atoms with Gasteiger partial charge in [0.05, 0.1) is 0 Å². The van der Waals surface area contributed by atoms with Crippen LogP contribution in [0, 0.1) is 0 Å². The van der Waals surface area contributed by atoms with Crippen molar-refractivity contribution in [2.45, 2.75) is 11.7 Å². The third-order valence-corrected chi connectivity index (χ3v) is 2.12. The van der Waals surface area contributed by atoms with Crippen LogP contribution in [0.4, 0.5) is 0 Å². The summed E-state index contributed by atoms with van der Waals surface area (Å²) in [7, 11) is 0. The fourth-order valence-electron chi connectivity index (χ4n) is 1.14. The van der Waals surface area contributed by atoms with Crippen molar-refractivity contribution < 1.29 is 4.79 Å². The minimum atomic E-state index is 0.188. The Bertz CT molecular complexity index is 250. The average molecular weight is 195 g/mol. The lowest BCUT2D eigenvalue weighted by Gasteiger charge is -2.09. The number of hydrogen-bond acceptors (Lipinski definition) is 2. The second-order valence-electron chi connectivity index (χ2n) is 2.87. The Balaban J connectivity index is 2.36. The number of rotatable bonds is 5. The Hall–Kier alpha value is -0.960. The van der Waals surface area contributed by atoms with Gasteiger partial charge in [-0.2, -0.15) is 12.6 Å². The van der Waals surface area contributed by atoms with Crippen molar-refractivity contribution in [3.05, 3.63) is 35.9 Å². The SMILES string of the molecule is O=CNCC(S)Cc1ccccc1. The van der Waals surface area contributed by atoms with Gasteiger partial charge in [0, 0.05) is 11.8 Å². The molecule has 1 atom stereocenters. The molecular formula is C10H13NOS. The molecule has 13 heavy (non-hydrogen) atoms. The van der Waals surface area contributed by atoms with Crippen molar-refractivity contribution in [1.82, 2.24) is 5.32 Å². The maximum Gasteiger partial charge on any atom is 0.207 e. The zero-order chi connectivity index (χ0) is 9.52. The molecule has 1 rings (SSSR count). The summed E-state index contributed by atoms with van der Waals surface area (Å²) < 4.78 is 0. The maximum absolute atomic E-state index is 10.0. The summed E-state index contributed by atoms with van der Waals surface area (Å²) in [5, 5.41) is 2.80. The Morgan fingerprint density at radius 3 is 2.69 bits per heavy atom. The topological polar surface area (TPSA) is 29.1 Å². The van der Waals surface area contributed by atoms with Gasteiger partial charge in [0.2, 0.25) is 6.41 Å². The number of nitrogens with one attached hydrogen (secondary N) is 1. The molecule has 70 valence electrons. The normalized spacial score (nSPS) is 12.1. The molecule has 1 aromatic carbocycles. The van der Waals surface area contributed by atoms with Crippen LogP contribution in [0.25, 0.3) is 0 Å². The predicted molar refractivity (Wildman–Crippen MR) is 57.0 cm³/mol. The molecule has 1 unspecified atom stereocenters. The van der Waals surface area contributed by atoms with Crippen LogP contribution in [0.5, 0.6) is 0 Å². The third kappa shape index (κ3) is 3.99. The predicted octanol–water partition coefficient (Wildman–Crippen LogP) is 1.27. The second-order valence-corrected chi connectivity index (χ2v) is 3.60. The van der Waals surface area contributed by atoms with Gasteiger partial charge in [-0.15, -0.1) is 0 Å². The fourth-order valence-corrected chi connectivity index (χ4v) is 1.46. The number of hydrogen-bond donors (Lipinski definition) is 2. The zero-order valence-corrected chi connectivity index (χ0v) is 8.21. The highest BCUT2D eigenvalue weighted by molar-refractivity contribution is 7.81. The van der Waals surface area contributed by atoms with Crippen LogP contribution < -0.4 is 5.32 Å². The molecule has 1 amide bonds. The fraction of sp³-hybridized carbons (Fsp3) is 0.300. The summed E-state index contributed by atoms with van der Waals surface area (Å²) >= 11 is 4.35. The number of benzene rings is 1. The van der Waals surface area contributed by atoms with E-state index in [2.05, 4.69) is 30.1 Å². The van der Waals surface area contributed by atoms with Crippen LogP contribution in [-0.4, -0.2) is 18.2 Å². The first kappa shape index (κ1) is 10.1. The van der Waals surface area contributed by atoms with Gasteiger partial charge >= 0.3 is 0 Å². The number of thiol groups is 1. The molecule has 2 nitrogen and oxygen atoms in total. The van der Waals surface area contributed by atoms with Gasteiger partial charge in [0.25, 0.3) is 0 Å². The van der Waals surface area contributed by atoms with E-state index in [0.29, 0.717) is 13.0 Å². The van der Waals surface area contributed by atoms with E-state index < -0.39 is 0 Å². The van der Waals surface area contributed by atoms with Crippen LogP contribution in [0.1, 0.15) is 5.56 Å². The van der Waals surface area contributed by atoms with Gasteiger partial charge in [-0.25, -0.2) is 0 Å². The van der Waals surface area contributed by atoms with E-state index in [1.807, 2.05) is 18.2 Å². The van der Waals surface area contributed by atoms with Crippen LogP contribution in [0.3, 0.4) is 0 Å². The summed E-state index contributed by atoms with van der Waals surface area (Å²) in [6.07, 6.45) is 1.58. The molecule has 0 fully saturated rings. The van der Waals surface area contributed by atoms with Crippen molar-refractivity contribution in [3.8, 4) is 0 Å². The molecule has 0 aliphatic carbocycles. The van der Waals surface area contributed by atoms with E-state index in [-0.39, 0.29) is 5.25 Å². The van der Waals surface area contributed by atoms with E-state index in [0.717, 1.165) is 6.42 Å². The van der Waals surface area contributed by atoms with Crippen molar-refractivity contribution >= 4 is 19.0 Å². The van der Waals surface area contributed by atoms with Gasteiger partial charge in [0.15, 0.2) is 0 Å². The van der Waals surface area contributed by atoms with Crippen molar-refractivity contribution in [2.75, 3.05) is 6.54 Å². The molecule has 0 aromatic heterocycles. The van der Waals surface area contributed by atoms with E-state index in [1.165, 1.54) is 5.56 Å². The Labute approximate surface area is 83.8 Å². The van der Waals surface area contributed by atoms with E-state index in [4.69, 9.17) is 0 Å². The van der Waals surface area contributed by atoms with E-state index >= 15 is 0 Å². The highest BCUT2D eigenvalue weighted by Gasteiger charge is 2.02. The molecule has 0 saturated heterocycles. The van der Waals surface area contributed by atoms with Crippen LogP contribution in [-0.2, 0) is 11.2 Å². The third-order valence-electron chi connectivity index (χ3n) is 1.75. The Kier molecular flexibility index (Phi) is 4.40. The molecule has 3 heteroatoms. The van der Waals surface area contributed by atoms with Gasteiger partial charge < -0.3 is 5.32 Å². The second kappa shape index (κ2) is 5.65. The Morgan fingerprint density at radius 2 is 2.08 bits per heavy atom. The highest BCUT2D eigenvalue weighted by atomic mass is 32.1. The number of carbonyl (C=O) groups is 1. The molecular weight excluding hydrogens is 182 g/mol. The highest BCUT2D eigenvalue weighted by Crippen LogP contribution is 2.06. The molecule has 0 radical (unpaired) electrons. The van der Waals surface area contributed by atoms with Crippen LogP contribution in [0.15, 0.2) is 30.3 Å². The summed E-state index contributed by atoms with van der Waals surface area (Å²) in [5.74, 6) is 0. The maximum atomic E-state index is 10.0. The number of carbonyl (C=O) groups excluding carboxylic acids is 1. The summed E-state index contributed by atoms with van der Waals surface area (Å²) in [6, 6.07) is 10.1. The summed E-state index contributed by atoms with van der Waals surface area (Å²) in [6.45, 7) is 0.613. The van der Waals surface area contributed by atoms with Crippen molar-refractivity contribution in [2.24, 2.45) is 0 Å². The first-order valence-electron chi connectivity index (χ1n) is 4.22. The molecule has 0 saturated carbocycles. The molecule has 0 bridgehead atoms. The van der Waals surface area contributed by atoms with Crippen LogP contribution >= 0.6 is 12.6 Å². The zero-order valence-electron chi connectivity index (χ0n) is 7.31. The molecule has 0 heterocycles. The lowest BCUT2D eigenvalue weighted by molar-refractivity contribution is -0.109. The minimum absolute atomic E-state index is 0.188. The lowest BCUT2D eigenvalue weighted by Crippen LogP contribution is -2.23.